The Hall–Kier alpha value is -0.700. The Labute approximate surface area is 174 Å². The number of phosphoric acid groups is 2. The fourth-order valence-electron chi connectivity index (χ4n) is 2.18. The second-order valence-corrected chi connectivity index (χ2v) is 11.9. The summed E-state index contributed by atoms with van der Waals surface area (Å²) in [5, 5.41) is 13.3. The van der Waals surface area contributed by atoms with Crippen LogP contribution in [-0.4, -0.2) is 70.6 Å². The Balaban J connectivity index is 2.35. The smallest absolute Gasteiger partial charge is 0.387 e. The monoisotopic (exact) mass is 537 g/mol. The number of halogens is 2. The summed E-state index contributed by atoms with van der Waals surface area (Å²) >= 11 is 0. The highest BCUT2D eigenvalue weighted by Gasteiger charge is 2.60. The molecule has 6 atom stereocenters. The zero-order chi connectivity index (χ0) is 25.6. The van der Waals surface area contributed by atoms with E-state index >= 15 is 4.39 Å². The fraction of sp³-hybridized carbons (Fsp3) is 0.667. The Morgan fingerprint density at radius 2 is 1.94 bits per heavy atom. The van der Waals surface area contributed by atoms with Crippen LogP contribution in [0.3, 0.4) is 0 Å². The van der Waals surface area contributed by atoms with Crippen molar-refractivity contribution in [3.05, 3.63) is 27.0 Å². The Kier molecular flexibility index (Phi) is 7.02. The topological polar surface area (TPSA) is 240 Å². The third kappa shape index (κ3) is 6.65. The number of nitrogens with zero attached hydrogens (tertiary/aromatic N) is 2. The molecule has 2 heterocycles. The van der Waals surface area contributed by atoms with E-state index in [1.54, 1.807) is 4.98 Å². The molecule has 0 aliphatic carbocycles. The Morgan fingerprint density at radius 3 is 2.45 bits per heavy atom. The van der Waals surface area contributed by atoms with Crippen LogP contribution in [0, 0.1) is 0 Å². The molecular formula is C9H15F2N3O13P4. The molecule has 0 bridgehead atoms. The lowest BCUT2D eigenvalue weighted by Gasteiger charge is -2.25. The molecular weight excluding hydrogens is 520 g/mol. The highest BCUT2D eigenvalue weighted by molar-refractivity contribution is 7.91. The van der Waals surface area contributed by atoms with Crippen molar-refractivity contribution in [2.75, 3.05) is 13.2 Å². The van der Waals surface area contributed by atoms with E-state index < -0.39 is 71.5 Å². The average Bonchev–Trinajstić information content (AvgIpc) is 2.83. The molecule has 22 heteroatoms. The summed E-state index contributed by atoms with van der Waals surface area (Å²) in [5.74, 6) is 0. The number of rotatable bonds is 9. The molecule has 1 aromatic heterocycles. The van der Waals surface area contributed by atoms with E-state index in [4.69, 9.17) is 17.3 Å². The number of aliphatic hydroxyl groups is 1. The number of ether oxygens (including phenoxy) is 1. The number of alkyl halides is 2. The van der Waals surface area contributed by atoms with Gasteiger partial charge in [-0.05, 0) is 8.53 Å². The summed E-state index contributed by atoms with van der Waals surface area (Å²) in [6.07, 6.45) is -7.64. The van der Waals surface area contributed by atoms with Crippen molar-refractivity contribution in [1.29, 1.82) is 0 Å². The summed E-state index contributed by atoms with van der Waals surface area (Å²) in [6, 6.07) is 0. The van der Waals surface area contributed by atoms with E-state index in [0.717, 1.165) is 0 Å². The maximum absolute atomic E-state index is 15.1. The van der Waals surface area contributed by atoms with Crippen LogP contribution < -0.4 is 11.2 Å². The minimum Gasteiger partial charge on any atom is -0.387 e. The van der Waals surface area contributed by atoms with Crippen molar-refractivity contribution in [3.8, 4) is 0 Å². The molecule has 16 nitrogen and oxygen atoms in total. The molecule has 31 heavy (non-hydrogen) atoms. The van der Waals surface area contributed by atoms with E-state index in [1.807, 2.05) is 0 Å². The Morgan fingerprint density at radius 1 is 1.32 bits per heavy atom. The molecule has 0 radical (unpaired) electrons. The molecule has 0 saturated carbocycles. The van der Waals surface area contributed by atoms with Gasteiger partial charge in [0.05, 0.1) is 9.30 Å². The number of phosphoric ester groups is 1. The van der Waals surface area contributed by atoms with Crippen LogP contribution in [0.4, 0.5) is 8.78 Å². The van der Waals surface area contributed by atoms with Gasteiger partial charge in [-0.3, -0.25) is 14.3 Å². The summed E-state index contributed by atoms with van der Waals surface area (Å²) in [4.78, 5) is 61.2. The lowest BCUT2D eigenvalue weighted by atomic mass is 9.98. The standard InChI is InChI=1S/C9H15F2N3O13P4/c10-3-9(11)6(16)4(25-7(9)14-8(17)13-5(15)1-12-14)2-24-29(18,19)26-30(20,21)27-31(22,23)28/h1,4,6-7,16,22-23,28H,2-3H2,(H,18,19)(H,20,21)(H,13,15,17)/t4-,6+,7-,9?/m1/s1/i2D2. The largest absolute Gasteiger partial charge is 0.488 e. The van der Waals surface area contributed by atoms with E-state index in [-0.39, 0.29) is 4.68 Å². The van der Waals surface area contributed by atoms with Crippen molar-refractivity contribution in [1.82, 2.24) is 14.8 Å². The molecule has 1 aliphatic rings. The normalized spacial score (nSPS) is 32.0. The van der Waals surface area contributed by atoms with E-state index in [1.165, 1.54) is 0 Å². The fourth-order valence-corrected chi connectivity index (χ4v) is 6.06. The highest BCUT2D eigenvalue weighted by atomic mass is 31.8. The number of H-pyrrole nitrogens is 1. The molecule has 0 spiro atoms. The first kappa shape index (κ1) is 23.5. The first-order chi connectivity index (χ1) is 14.7. The van der Waals surface area contributed by atoms with E-state index in [9.17, 15) is 38.0 Å². The summed E-state index contributed by atoms with van der Waals surface area (Å²) in [5.41, 5.74) is -6.12. The lowest BCUT2D eigenvalue weighted by Crippen LogP contribution is -2.48. The van der Waals surface area contributed by atoms with Gasteiger partial charge >= 0.3 is 21.3 Å². The van der Waals surface area contributed by atoms with Gasteiger partial charge in [-0.2, -0.15) is 14.1 Å². The van der Waals surface area contributed by atoms with Gasteiger partial charge in [0.15, 0.2) is 6.23 Å². The van der Waals surface area contributed by atoms with Gasteiger partial charge in [-0.1, -0.05) is 0 Å². The first-order valence-electron chi connectivity index (χ1n) is 8.38. The van der Waals surface area contributed by atoms with Crippen LogP contribution in [0.2, 0.25) is 0 Å². The maximum Gasteiger partial charge on any atom is 0.488 e. The number of aliphatic hydroxyl groups excluding tert-OH is 1. The molecule has 178 valence electrons. The molecule has 0 amide bonds. The molecule has 3 unspecified atom stereocenters. The van der Waals surface area contributed by atoms with Crippen LogP contribution in [0.15, 0.2) is 15.8 Å². The van der Waals surface area contributed by atoms with Crippen LogP contribution in [0.1, 0.15) is 8.97 Å². The van der Waals surface area contributed by atoms with Crippen molar-refractivity contribution in [3.63, 3.8) is 0 Å². The van der Waals surface area contributed by atoms with Gasteiger partial charge in [0.25, 0.3) is 12.8 Å². The van der Waals surface area contributed by atoms with Crippen molar-refractivity contribution in [2.24, 2.45) is 0 Å². The van der Waals surface area contributed by atoms with Gasteiger partial charge in [0, 0.05) is 0 Å². The average molecular weight is 537 g/mol. The third-order valence-electron chi connectivity index (χ3n) is 3.34. The zero-order valence-electron chi connectivity index (χ0n) is 16.5. The predicted molar refractivity (Wildman–Crippen MR) is 96.3 cm³/mol. The van der Waals surface area contributed by atoms with E-state index in [0.29, 0.717) is 6.20 Å². The van der Waals surface area contributed by atoms with Crippen LogP contribution >= 0.6 is 31.4 Å². The number of nitrogens with one attached hydrogen (secondary N) is 1. The van der Waals surface area contributed by atoms with E-state index in [2.05, 4.69) is 26.8 Å². The van der Waals surface area contributed by atoms with Gasteiger partial charge in [-0.15, -0.1) is 0 Å². The second-order valence-electron chi connectivity index (χ2n) is 5.65. The van der Waals surface area contributed by atoms with Gasteiger partial charge in [0.1, 0.15) is 25.1 Å². The number of aromatic nitrogens is 3. The number of hydrogen-bond acceptors (Lipinski definition) is 10. The molecule has 0 aromatic carbocycles. The SMILES string of the molecule is [2H]C([2H])(OP(=O)(O)OP(=O)(O)OP(O)(O)=P)[C@H]1O[C@@H](n2ncc(=O)[nH]c2=O)C(F)(CF)[C@H]1O. The molecule has 1 fully saturated rings. The van der Waals surface area contributed by atoms with Gasteiger partial charge in [-0.25, -0.2) is 27.0 Å². The molecule has 2 rings (SSSR count). The number of hydrogen-bond donors (Lipinski definition) is 6. The van der Waals surface area contributed by atoms with Crippen LogP contribution in [-0.2, 0) is 27.0 Å². The summed E-state index contributed by atoms with van der Waals surface area (Å²) in [7, 11) is -14.5. The van der Waals surface area contributed by atoms with Crippen molar-refractivity contribution < 1.29 is 63.2 Å². The van der Waals surface area contributed by atoms with Crippen molar-refractivity contribution in [2.45, 2.75) is 24.1 Å². The Bertz CT molecular complexity index is 1160. The molecule has 1 saturated heterocycles. The maximum atomic E-state index is 15.1. The van der Waals surface area contributed by atoms with Gasteiger partial charge in [0.2, 0.25) is 5.67 Å². The summed E-state index contributed by atoms with van der Waals surface area (Å²) in [6.45, 7) is -5.93. The van der Waals surface area contributed by atoms with Gasteiger partial charge < -0.3 is 29.4 Å². The predicted octanol–water partition coefficient (Wildman–Crippen LogP) is -1.08. The molecule has 1 aromatic rings. The number of aromatic amines is 1. The highest BCUT2D eigenvalue weighted by Crippen LogP contribution is 2.67. The zero-order valence-corrected chi connectivity index (χ0v) is 18.2. The second kappa shape index (κ2) is 9.27. The minimum atomic E-state index is -6.04. The summed E-state index contributed by atoms with van der Waals surface area (Å²) < 4.78 is 83.6. The third-order valence-corrected chi connectivity index (χ3v) is 7.79. The lowest BCUT2D eigenvalue weighted by molar-refractivity contribution is -0.0806. The molecule has 1 aliphatic heterocycles. The minimum absolute atomic E-state index is 0.00661. The van der Waals surface area contributed by atoms with Crippen molar-refractivity contribution >= 4 is 31.4 Å². The van der Waals surface area contributed by atoms with Crippen LogP contribution in [0.5, 0.6) is 0 Å². The molecule has 6 N–H and O–H groups in total. The quantitative estimate of drug-likeness (QED) is 0.206. The van der Waals surface area contributed by atoms with Crippen LogP contribution in [0.25, 0.3) is 0 Å². The first-order valence-corrected chi connectivity index (χ1v) is 13.3.